The lowest BCUT2D eigenvalue weighted by atomic mass is 10.1. The van der Waals surface area contributed by atoms with Gasteiger partial charge in [-0.05, 0) is 37.7 Å². The zero-order valence-electron chi connectivity index (χ0n) is 16.7. The van der Waals surface area contributed by atoms with E-state index >= 15 is 0 Å². The van der Waals surface area contributed by atoms with Crippen LogP contribution < -0.4 is 10.7 Å². The van der Waals surface area contributed by atoms with E-state index in [0.717, 1.165) is 18.9 Å². The summed E-state index contributed by atoms with van der Waals surface area (Å²) in [6, 6.07) is 2.90. The van der Waals surface area contributed by atoms with E-state index < -0.39 is 28.7 Å². The fraction of sp³-hybridized carbons (Fsp3) is 0.409. The Morgan fingerprint density at radius 3 is 2.68 bits per heavy atom. The van der Waals surface area contributed by atoms with Crippen LogP contribution in [0.3, 0.4) is 0 Å². The summed E-state index contributed by atoms with van der Waals surface area (Å²) in [4.78, 5) is 40.4. The molecule has 7 nitrogen and oxygen atoms in total. The summed E-state index contributed by atoms with van der Waals surface area (Å²) in [6.07, 6.45) is 3.22. The lowest BCUT2D eigenvalue weighted by Crippen LogP contribution is -2.45. The first kappa shape index (κ1) is 19.7. The molecule has 1 atom stereocenters. The van der Waals surface area contributed by atoms with Gasteiger partial charge in [0, 0.05) is 37.0 Å². The molecular weight excluding hydrogens is 408 g/mol. The second-order valence-corrected chi connectivity index (χ2v) is 8.48. The number of hydrogen-bond donors (Lipinski definition) is 2. The highest BCUT2D eigenvalue weighted by atomic mass is 19.1. The van der Waals surface area contributed by atoms with Gasteiger partial charge in [-0.25, -0.2) is 8.78 Å². The second kappa shape index (κ2) is 7.18. The van der Waals surface area contributed by atoms with Crippen LogP contribution in [-0.4, -0.2) is 39.5 Å². The number of carbonyl (C=O) groups is 2. The van der Waals surface area contributed by atoms with Crippen LogP contribution in [-0.2, 0) is 13.0 Å². The maximum absolute atomic E-state index is 13.9. The summed E-state index contributed by atoms with van der Waals surface area (Å²) in [6.45, 7) is 0.854. The maximum atomic E-state index is 13.9. The van der Waals surface area contributed by atoms with Crippen molar-refractivity contribution in [3.8, 4) is 5.75 Å². The Balaban J connectivity index is 1.47. The number of nitrogens with one attached hydrogen (secondary N) is 1. The molecule has 2 N–H and O–H groups in total. The van der Waals surface area contributed by atoms with Crippen molar-refractivity contribution in [2.75, 3.05) is 13.1 Å². The Hall–Kier alpha value is -3.23. The van der Waals surface area contributed by atoms with E-state index in [0.29, 0.717) is 43.6 Å². The summed E-state index contributed by atoms with van der Waals surface area (Å²) >= 11 is 0. The van der Waals surface area contributed by atoms with Crippen molar-refractivity contribution in [2.45, 2.75) is 38.3 Å². The third-order valence-corrected chi connectivity index (χ3v) is 6.34. The van der Waals surface area contributed by atoms with E-state index in [9.17, 15) is 28.3 Å². The molecule has 0 bridgehead atoms. The molecule has 1 aromatic carbocycles. The van der Waals surface area contributed by atoms with Crippen molar-refractivity contribution in [1.29, 1.82) is 0 Å². The number of benzene rings is 1. The summed E-state index contributed by atoms with van der Waals surface area (Å²) in [7, 11) is 0. The van der Waals surface area contributed by atoms with Crippen molar-refractivity contribution in [3.63, 3.8) is 0 Å². The Bertz CT molecular complexity index is 1170. The molecule has 1 aromatic heterocycles. The first-order valence-corrected chi connectivity index (χ1v) is 10.4. The molecule has 5 rings (SSSR count). The minimum atomic E-state index is -0.902. The van der Waals surface area contributed by atoms with Gasteiger partial charge < -0.3 is 19.9 Å². The number of halogens is 2. The molecule has 9 heteroatoms. The maximum Gasteiger partial charge on any atom is 0.274 e. The SMILES string of the molecule is O=C(NCc1ccc(F)cc1F)c1c2n3c(c(O)c1=O)C(=O)N(CC1CC1)CC3CC2. The van der Waals surface area contributed by atoms with Gasteiger partial charge in [0.15, 0.2) is 11.4 Å². The van der Waals surface area contributed by atoms with Crippen LogP contribution in [0.15, 0.2) is 23.0 Å². The largest absolute Gasteiger partial charge is 0.503 e. The van der Waals surface area contributed by atoms with Crippen LogP contribution in [0.4, 0.5) is 8.78 Å². The third-order valence-electron chi connectivity index (χ3n) is 6.34. The quantitative estimate of drug-likeness (QED) is 0.762. The molecule has 1 unspecified atom stereocenters. The highest BCUT2D eigenvalue weighted by Gasteiger charge is 2.42. The molecule has 162 valence electrons. The molecule has 0 saturated heterocycles. The minimum Gasteiger partial charge on any atom is -0.503 e. The first-order valence-electron chi connectivity index (χ1n) is 10.4. The number of aromatic nitrogens is 1. The van der Waals surface area contributed by atoms with Crippen molar-refractivity contribution < 1.29 is 23.5 Å². The second-order valence-electron chi connectivity index (χ2n) is 8.48. The van der Waals surface area contributed by atoms with E-state index in [1.807, 2.05) is 0 Å². The van der Waals surface area contributed by atoms with Gasteiger partial charge in [0.25, 0.3) is 11.8 Å². The highest BCUT2D eigenvalue weighted by molar-refractivity contribution is 6.00. The standard InChI is InChI=1S/C22H21F2N3O4/c23-13-4-3-12(15(24)7-13)8-25-21(30)17-16-6-5-14-10-26(9-11-1-2-11)22(31)18(27(14)16)20(29)19(17)28/h3-4,7,11,14,29H,1-2,5-6,8-10H2,(H,25,30). The van der Waals surface area contributed by atoms with Crippen LogP contribution in [0.2, 0.25) is 0 Å². The Morgan fingerprint density at radius 2 is 1.97 bits per heavy atom. The normalized spacial score (nSPS) is 19.5. The first-order chi connectivity index (χ1) is 14.8. The van der Waals surface area contributed by atoms with Gasteiger partial charge in [-0.15, -0.1) is 0 Å². The summed E-state index contributed by atoms with van der Waals surface area (Å²) < 4.78 is 28.6. The molecule has 1 fully saturated rings. The van der Waals surface area contributed by atoms with Gasteiger partial charge in [-0.1, -0.05) is 6.07 Å². The predicted octanol–water partition coefficient (Wildman–Crippen LogP) is 2.12. The summed E-state index contributed by atoms with van der Waals surface area (Å²) in [5.41, 5.74) is -0.692. The summed E-state index contributed by atoms with van der Waals surface area (Å²) in [5.74, 6) is -2.94. The molecular formula is C22H21F2N3O4. The molecule has 1 aliphatic carbocycles. The van der Waals surface area contributed by atoms with Crippen molar-refractivity contribution in [1.82, 2.24) is 14.8 Å². The Morgan fingerprint density at radius 1 is 1.19 bits per heavy atom. The van der Waals surface area contributed by atoms with Crippen LogP contribution in [0.25, 0.3) is 0 Å². The lowest BCUT2D eigenvalue weighted by Gasteiger charge is -2.34. The molecule has 2 amide bonds. The van der Waals surface area contributed by atoms with Gasteiger partial charge >= 0.3 is 0 Å². The number of pyridine rings is 1. The van der Waals surface area contributed by atoms with Crippen LogP contribution in [0.1, 0.15) is 57.4 Å². The van der Waals surface area contributed by atoms with Crippen LogP contribution in [0.5, 0.6) is 5.75 Å². The molecule has 3 heterocycles. The fourth-order valence-corrected chi connectivity index (χ4v) is 4.60. The fourth-order valence-electron chi connectivity index (χ4n) is 4.60. The molecule has 1 saturated carbocycles. The Kier molecular flexibility index (Phi) is 4.56. The molecule has 2 aromatic rings. The number of nitrogens with zero attached hydrogens (tertiary/aromatic N) is 2. The molecule has 31 heavy (non-hydrogen) atoms. The average Bonchev–Trinajstić information content (AvgIpc) is 3.46. The zero-order valence-corrected chi connectivity index (χ0v) is 16.7. The monoisotopic (exact) mass is 429 g/mol. The van der Waals surface area contributed by atoms with Crippen molar-refractivity contribution >= 4 is 11.8 Å². The van der Waals surface area contributed by atoms with E-state index in [-0.39, 0.29) is 35.3 Å². The topological polar surface area (TPSA) is 91.6 Å². The number of rotatable bonds is 5. The number of aromatic hydroxyl groups is 1. The summed E-state index contributed by atoms with van der Waals surface area (Å²) in [5, 5.41) is 13.1. The third kappa shape index (κ3) is 3.28. The molecule has 0 radical (unpaired) electrons. The average molecular weight is 429 g/mol. The van der Waals surface area contributed by atoms with E-state index in [1.54, 1.807) is 9.47 Å². The van der Waals surface area contributed by atoms with E-state index in [4.69, 9.17) is 0 Å². The number of amides is 2. The van der Waals surface area contributed by atoms with Crippen LogP contribution >= 0.6 is 0 Å². The van der Waals surface area contributed by atoms with Crippen molar-refractivity contribution in [3.05, 3.63) is 62.6 Å². The van der Waals surface area contributed by atoms with Crippen molar-refractivity contribution in [2.24, 2.45) is 5.92 Å². The van der Waals surface area contributed by atoms with E-state index in [2.05, 4.69) is 5.32 Å². The highest BCUT2D eigenvalue weighted by Crippen LogP contribution is 2.38. The van der Waals surface area contributed by atoms with Gasteiger partial charge in [0.05, 0.1) is 6.04 Å². The molecule has 3 aliphatic rings. The van der Waals surface area contributed by atoms with Crippen LogP contribution in [0, 0.1) is 17.6 Å². The minimum absolute atomic E-state index is 0.0458. The molecule has 0 spiro atoms. The molecule has 2 aliphatic heterocycles. The van der Waals surface area contributed by atoms with Gasteiger partial charge in [0.2, 0.25) is 5.43 Å². The number of carbonyl (C=O) groups excluding carboxylic acids is 2. The number of hydrogen-bond acceptors (Lipinski definition) is 4. The lowest BCUT2D eigenvalue weighted by molar-refractivity contribution is 0.0656. The van der Waals surface area contributed by atoms with E-state index in [1.165, 1.54) is 6.07 Å². The Labute approximate surface area is 176 Å². The smallest absolute Gasteiger partial charge is 0.274 e. The zero-order chi connectivity index (χ0) is 21.9. The van der Waals surface area contributed by atoms with Gasteiger partial charge in [-0.3, -0.25) is 14.4 Å². The van der Waals surface area contributed by atoms with Gasteiger partial charge in [-0.2, -0.15) is 0 Å². The van der Waals surface area contributed by atoms with Gasteiger partial charge in [0.1, 0.15) is 17.2 Å². The predicted molar refractivity (Wildman–Crippen MR) is 106 cm³/mol.